The Balaban J connectivity index is 1.92. The van der Waals surface area contributed by atoms with E-state index >= 15 is 0 Å². The number of esters is 1. The maximum atomic E-state index is 11.7. The first-order valence-corrected chi connectivity index (χ1v) is 9.38. The predicted octanol–water partition coefficient (Wildman–Crippen LogP) is 2.61. The molecule has 1 N–H and O–H groups in total. The minimum atomic E-state index is -0.105. The van der Waals surface area contributed by atoms with Crippen molar-refractivity contribution in [3.8, 4) is 5.75 Å². The molecule has 1 heterocycles. The highest BCUT2D eigenvalue weighted by atomic mass is 16.5. The average molecular weight is 361 g/mol. The van der Waals surface area contributed by atoms with Crippen molar-refractivity contribution >= 4 is 11.9 Å². The van der Waals surface area contributed by atoms with Gasteiger partial charge in [-0.25, -0.2) is 4.99 Å². The van der Waals surface area contributed by atoms with E-state index in [1.54, 1.807) is 0 Å². The fourth-order valence-electron chi connectivity index (χ4n) is 3.08. The number of guanidine groups is 1. The van der Waals surface area contributed by atoms with E-state index < -0.39 is 0 Å². The Hall–Kier alpha value is -2.24. The fourth-order valence-corrected chi connectivity index (χ4v) is 3.08. The van der Waals surface area contributed by atoms with Crippen molar-refractivity contribution in [1.82, 2.24) is 10.2 Å². The van der Waals surface area contributed by atoms with E-state index in [4.69, 9.17) is 14.5 Å². The lowest BCUT2D eigenvalue weighted by Gasteiger charge is -2.33. The number of nitrogens with zero attached hydrogens (tertiary/aromatic N) is 2. The number of aryl methyl sites for hydroxylation is 1. The number of rotatable bonds is 6. The Bertz CT molecular complexity index is 610. The number of aliphatic imine (C=N–C) groups is 1. The van der Waals surface area contributed by atoms with Crippen LogP contribution in [0.1, 0.15) is 32.3 Å². The summed E-state index contributed by atoms with van der Waals surface area (Å²) in [6.07, 6.45) is 1.58. The van der Waals surface area contributed by atoms with Crippen molar-refractivity contribution in [3.63, 3.8) is 0 Å². The molecule has 1 fully saturated rings. The SMILES string of the molecule is CCNC(=NCC(C)Oc1ccccc1C)N1CCC(C(=O)OC)CC1. The summed E-state index contributed by atoms with van der Waals surface area (Å²) in [7, 11) is 1.45. The van der Waals surface area contributed by atoms with Crippen LogP contribution < -0.4 is 10.1 Å². The molecule has 0 amide bonds. The molecule has 0 aromatic heterocycles. The molecule has 26 heavy (non-hydrogen) atoms. The van der Waals surface area contributed by atoms with Crippen molar-refractivity contribution < 1.29 is 14.3 Å². The minimum absolute atomic E-state index is 0.00226. The van der Waals surface area contributed by atoms with Crippen molar-refractivity contribution in [1.29, 1.82) is 0 Å². The van der Waals surface area contributed by atoms with Crippen LogP contribution in [0.4, 0.5) is 0 Å². The van der Waals surface area contributed by atoms with Gasteiger partial charge in [-0.15, -0.1) is 0 Å². The number of benzene rings is 1. The topological polar surface area (TPSA) is 63.2 Å². The zero-order chi connectivity index (χ0) is 18.9. The Labute approximate surface area is 156 Å². The number of hydrogen-bond donors (Lipinski definition) is 1. The zero-order valence-electron chi connectivity index (χ0n) is 16.3. The average Bonchev–Trinajstić information content (AvgIpc) is 2.66. The van der Waals surface area contributed by atoms with Gasteiger partial charge in [-0.2, -0.15) is 0 Å². The maximum absolute atomic E-state index is 11.7. The van der Waals surface area contributed by atoms with Crippen molar-refractivity contribution in [2.24, 2.45) is 10.9 Å². The van der Waals surface area contributed by atoms with Crippen LogP contribution in [0.3, 0.4) is 0 Å². The molecule has 2 rings (SSSR count). The molecule has 1 aliphatic heterocycles. The van der Waals surface area contributed by atoms with E-state index in [0.717, 1.165) is 49.7 Å². The highest BCUT2D eigenvalue weighted by molar-refractivity contribution is 5.80. The number of ether oxygens (including phenoxy) is 2. The summed E-state index contributed by atoms with van der Waals surface area (Å²) in [5, 5.41) is 3.35. The first-order valence-electron chi connectivity index (χ1n) is 9.38. The number of methoxy groups -OCH3 is 1. The van der Waals surface area contributed by atoms with E-state index in [1.165, 1.54) is 7.11 Å². The molecular formula is C20H31N3O3. The molecule has 144 valence electrons. The number of likely N-dealkylation sites (tertiary alicyclic amines) is 1. The third-order valence-electron chi connectivity index (χ3n) is 4.58. The third-order valence-corrected chi connectivity index (χ3v) is 4.58. The standard InChI is InChI=1S/C20H31N3O3/c1-5-21-20(23-12-10-17(11-13-23)19(24)25-4)22-14-16(3)26-18-9-7-6-8-15(18)2/h6-9,16-17H,5,10-14H2,1-4H3,(H,21,22). The van der Waals surface area contributed by atoms with Crippen LogP contribution in [0, 0.1) is 12.8 Å². The van der Waals surface area contributed by atoms with E-state index in [2.05, 4.69) is 17.1 Å². The molecule has 0 bridgehead atoms. The van der Waals surface area contributed by atoms with Crippen LogP contribution in [0.15, 0.2) is 29.3 Å². The lowest BCUT2D eigenvalue weighted by molar-refractivity contribution is -0.146. The van der Waals surface area contributed by atoms with Gasteiger partial charge in [0.15, 0.2) is 5.96 Å². The van der Waals surface area contributed by atoms with Gasteiger partial charge in [0.2, 0.25) is 0 Å². The Morgan fingerprint density at radius 2 is 2.04 bits per heavy atom. The second-order valence-electron chi connectivity index (χ2n) is 6.67. The van der Waals surface area contributed by atoms with E-state index in [0.29, 0.717) is 6.54 Å². The molecule has 1 aromatic carbocycles. The van der Waals surface area contributed by atoms with Crippen LogP contribution in [0.25, 0.3) is 0 Å². The molecule has 1 saturated heterocycles. The first kappa shape index (κ1) is 20.1. The summed E-state index contributed by atoms with van der Waals surface area (Å²) in [6.45, 7) is 9.13. The number of piperidine rings is 1. The third kappa shape index (κ3) is 5.64. The molecule has 6 heteroatoms. The van der Waals surface area contributed by atoms with Crippen LogP contribution in [-0.2, 0) is 9.53 Å². The van der Waals surface area contributed by atoms with Gasteiger partial charge in [-0.1, -0.05) is 18.2 Å². The van der Waals surface area contributed by atoms with Gasteiger partial charge >= 0.3 is 5.97 Å². The summed E-state index contributed by atoms with van der Waals surface area (Å²) in [4.78, 5) is 18.6. The Morgan fingerprint density at radius 3 is 2.65 bits per heavy atom. The van der Waals surface area contributed by atoms with Crippen molar-refractivity contribution in [3.05, 3.63) is 29.8 Å². The molecule has 6 nitrogen and oxygen atoms in total. The summed E-state index contributed by atoms with van der Waals surface area (Å²) in [6, 6.07) is 8.01. The molecule has 0 radical (unpaired) electrons. The highest BCUT2D eigenvalue weighted by Gasteiger charge is 2.27. The van der Waals surface area contributed by atoms with Gasteiger partial charge in [-0.05, 0) is 45.2 Å². The van der Waals surface area contributed by atoms with Gasteiger partial charge in [0.25, 0.3) is 0 Å². The highest BCUT2D eigenvalue weighted by Crippen LogP contribution is 2.19. The number of hydrogen-bond acceptors (Lipinski definition) is 4. The Kier molecular flexibility index (Phi) is 7.75. The van der Waals surface area contributed by atoms with Crippen LogP contribution in [-0.4, -0.2) is 56.2 Å². The molecule has 1 atom stereocenters. The van der Waals surface area contributed by atoms with Gasteiger partial charge in [0.05, 0.1) is 19.6 Å². The van der Waals surface area contributed by atoms with Crippen LogP contribution in [0.2, 0.25) is 0 Å². The molecule has 1 aromatic rings. The molecule has 0 aliphatic carbocycles. The lowest BCUT2D eigenvalue weighted by atomic mass is 9.97. The summed E-state index contributed by atoms with van der Waals surface area (Å²) < 4.78 is 10.9. The molecule has 0 saturated carbocycles. The van der Waals surface area contributed by atoms with Crippen molar-refractivity contribution in [2.45, 2.75) is 39.7 Å². The number of carbonyl (C=O) groups excluding carboxylic acids is 1. The normalized spacial score (nSPS) is 16.9. The second kappa shape index (κ2) is 10.0. The minimum Gasteiger partial charge on any atom is -0.489 e. The van der Waals surface area contributed by atoms with Crippen molar-refractivity contribution in [2.75, 3.05) is 33.3 Å². The Morgan fingerprint density at radius 1 is 1.35 bits per heavy atom. The number of carbonyl (C=O) groups is 1. The zero-order valence-corrected chi connectivity index (χ0v) is 16.3. The smallest absolute Gasteiger partial charge is 0.308 e. The van der Waals surface area contributed by atoms with Gasteiger partial charge in [-0.3, -0.25) is 4.79 Å². The van der Waals surface area contributed by atoms with E-state index in [1.807, 2.05) is 38.1 Å². The quantitative estimate of drug-likeness (QED) is 0.479. The molecule has 1 aliphatic rings. The predicted molar refractivity (Wildman–Crippen MR) is 104 cm³/mol. The largest absolute Gasteiger partial charge is 0.489 e. The van der Waals surface area contributed by atoms with Crippen LogP contribution in [0.5, 0.6) is 5.75 Å². The number of nitrogens with one attached hydrogen (secondary N) is 1. The van der Waals surface area contributed by atoms with Crippen LogP contribution >= 0.6 is 0 Å². The lowest BCUT2D eigenvalue weighted by Crippen LogP contribution is -2.47. The van der Waals surface area contributed by atoms with Gasteiger partial charge < -0.3 is 19.7 Å². The summed E-state index contributed by atoms with van der Waals surface area (Å²) >= 11 is 0. The molecule has 1 unspecified atom stereocenters. The molecular weight excluding hydrogens is 330 g/mol. The van der Waals surface area contributed by atoms with Gasteiger partial charge in [0, 0.05) is 19.6 Å². The van der Waals surface area contributed by atoms with E-state index in [9.17, 15) is 4.79 Å². The second-order valence-corrected chi connectivity index (χ2v) is 6.67. The summed E-state index contributed by atoms with van der Waals surface area (Å²) in [5.74, 6) is 1.68. The van der Waals surface area contributed by atoms with E-state index in [-0.39, 0.29) is 18.0 Å². The first-order chi connectivity index (χ1) is 12.5. The number of para-hydroxylation sites is 1. The summed E-state index contributed by atoms with van der Waals surface area (Å²) in [5.41, 5.74) is 1.13. The van der Waals surface area contributed by atoms with Gasteiger partial charge in [0.1, 0.15) is 11.9 Å². The maximum Gasteiger partial charge on any atom is 0.308 e. The monoisotopic (exact) mass is 361 g/mol. The molecule has 0 spiro atoms. The fraction of sp³-hybridized carbons (Fsp3) is 0.600.